The largest absolute Gasteiger partial charge is 0.365 e. The second kappa shape index (κ2) is 5.12. The third kappa shape index (κ3) is 2.82. The van der Waals surface area contributed by atoms with Crippen LogP contribution in [0.3, 0.4) is 0 Å². The predicted octanol–water partition coefficient (Wildman–Crippen LogP) is 2.64. The van der Waals surface area contributed by atoms with Crippen molar-refractivity contribution >= 4 is 16.7 Å². The molecule has 4 nitrogen and oxygen atoms in total. The number of anilines is 1. The summed E-state index contributed by atoms with van der Waals surface area (Å²) in [6.45, 7) is 5.09. The Morgan fingerprint density at radius 1 is 1.50 bits per heavy atom. The highest BCUT2D eigenvalue weighted by Crippen LogP contribution is 2.17. The minimum atomic E-state index is 0.398. The molecule has 0 bridgehead atoms. The van der Waals surface area contributed by atoms with E-state index in [1.807, 2.05) is 12.3 Å². The normalized spacial score (nSPS) is 10.9. The Hall–Kier alpha value is -1.36. The van der Waals surface area contributed by atoms with E-state index in [1.54, 1.807) is 0 Å². The van der Waals surface area contributed by atoms with Crippen LogP contribution in [0, 0.1) is 0 Å². The lowest BCUT2D eigenvalue weighted by Gasteiger charge is -2.00. The number of H-pyrrole nitrogens is 1. The van der Waals surface area contributed by atoms with Gasteiger partial charge in [-0.2, -0.15) is 4.37 Å². The van der Waals surface area contributed by atoms with Crippen LogP contribution in [-0.4, -0.2) is 20.9 Å². The van der Waals surface area contributed by atoms with Crippen LogP contribution in [-0.2, 0) is 6.42 Å². The molecule has 0 saturated carbocycles. The SMILES string of the molecule is CC(C)c1nsc(NCCc2ccc[nH]2)n1. The van der Waals surface area contributed by atoms with Crippen molar-refractivity contribution in [1.82, 2.24) is 14.3 Å². The summed E-state index contributed by atoms with van der Waals surface area (Å²) in [5, 5.41) is 4.20. The average Bonchev–Trinajstić information content (AvgIpc) is 2.87. The Morgan fingerprint density at radius 3 is 3.00 bits per heavy atom. The molecule has 0 aliphatic rings. The van der Waals surface area contributed by atoms with Gasteiger partial charge in [0.05, 0.1) is 0 Å². The van der Waals surface area contributed by atoms with E-state index in [9.17, 15) is 0 Å². The summed E-state index contributed by atoms with van der Waals surface area (Å²) < 4.78 is 4.29. The summed E-state index contributed by atoms with van der Waals surface area (Å²) in [6.07, 6.45) is 2.92. The Balaban J connectivity index is 1.81. The first-order chi connectivity index (χ1) is 7.75. The van der Waals surface area contributed by atoms with Gasteiger partial charge in [0.1, 0.15) is 5.82 Å². The first-order valence-electron chi connectivity index (χ1n) is 5.45. The van der Waals surface area contributed by atoms with Crippen molar-refractivity contribution in [3.05, 3.63) is 29.8 Å². The van der Waals surface area contributed by atoms with Gasteiger partial charge in [-0.05, 0) is 12.1 Å². The van der Waals surface area contributed by atoms with E-state index in [1.165, 1.54) is 17.2 Å². The number of hydrogen-bond acceptors (Lipinski definition) is 4. The topological polar surface area (TPSA) is 53.6 Å². The van der Waals surface area contributed by atoms with E-state index < -0.39 is 0 Å². The zero-order valence-corrected chi connectivity index (χ0v) is 10.3. The van der Waals surface area contributed by atoms with Crippen LogP contribution >= 0.6 is 11.5 Å². The number of nitrogens with one attached hydrogen (secondary N) is 2. The van der Waals surface area contributed by atoms with Crippen molar-refractivity contribution in [2.45, 2.75) is 26.2 Å². The van der Waals surface area contributed by atoms with Crippen LogP contribution < -0.4 is 5.32 Å². The summed E-state index contributed by atoms with van der Waals surface area (Å²) in [5.74, 6) is 1.32. The smallest absolute Gasteiger partial charge is 0.202 e. The zero-order valence-electron chi connectivity index (χ0n) is 9.53. The highest BCUT2D eigenvalue weighted by Gasteiger charge is 2.06. The van der Waals surface area contributed by atoms with Crippen LogP contribution in [0.1, 0.15) is 31.3 Å². The van der Waals surface area contributed by atoms with E-state index in [2.05, 4.69) is 39.6 Å². The van der Waals surface area contributed by atoms with Crippen LogP contribution in [0.4, 0.5) is 5.13 Å². The molecule has 0 atom stereocenters. The first-order valence-corrected chi connectivity index (χ1v) is 6.23. The average molecular weight is 236 g/mol. The lowest BCUT2D eigenvalue weighted by atomic mass is 10.2. The lowest BCUT2D eigenvalue weighted by molar-refractivity contribution is 0.798. The maximum absolute atomic E-state index is 4.41. The molecule has 2 N–H and O–H groups in total. The van der Waals surface area contributed by atoms with Crippen LogP contribution in [0.25, 0.3) is 0 Å². The van der Waals surface area contributed by atoms with Gasteiger partial charge in [0.2, 0.25) is 5.13 Å². The van der Waals surface area contributed by atoms with Gasteiger partial charge < -0.3 is 10.3 Å². The molecule has 16 heavy (non-hydrogen) atoms. The fraction of sp³-hybridized carbons (Fsp3) is 0.455. The Labute approximate surface area is 99.3 Å². The van der Waals surface area contributed by atoms with E-state index in [0.29, 0.717) is 5.92 Å². The molecule has 2 heterocycles. The Kier molecular flexibility index (Phi) is 3.56. The number of hydrogen-bond donors (Lipinski definition) is 2. The van der Waals surface area contributed by atoms with Gasteiger partial charge in [0, 0.05) is 42.3 Å². The molecule has 2 aromatic rings. The molecule has 0 aliphatic carbocycles. The van der Waals surface area contributed by atoms with Crippen molar-refractivity contribution in [2.75, 3.05) is 11.9 Å². The molecule has 0 aliphatic heterocycles. The Morgan fingerprint density at radius 2 is 2.38 bits per heavy atom. The van der Waals surface area contributed by atoms with E-state index in [4.69, 9.17) is 0 Å². The molecule has 86 valence electrons. The summed E-state index contributed by atoms with van der Waals surface area (Å²) in [5.41, 5.74) is 1.24. The number of aromatic amines is 1. The van der Waals surface area contributed by atoms with Crippen LogP contribution in [0.15, 0.2) is 18.3 Å². The molecule has 0 saturated heterocycles. The maximum atomic E-state index is 4.41. The van der Waals surface area contributed by atoms with Crippen molar-refractivity contribution in [3.63, 3.8) is 0 Å². The fourth-order valence-corrected chi connectivity index (χ4v) is 2.10. The molecular formula is C11H16N4S. The van der Waals surface area contributed by atoms with Gasteiger partial charge in [-0.25, -0.2) is 4.98 Å². The number of aromatic nitrogens is 3. The fourth-order valence-electron chi connectivity index (χ4n) is 1.37. The van der Waals surface area contributed by atoms with Gasteiger partial charge in [0.15, 0.2) is 0 Å². The molecule has 2 rings (SSSR count). The second-order valence-corrected chi connectivity index (χ2v) is 4.74. The van der Waals surface area contributed by atoms with Gasteiger partial charge in [0.25, 0.3) is 0 Å². The molecule has 0 radical (unpaired) electrons. The van der Waals surface area contributed by atoms with Crippen LogP contribution in [0.5, 0.6) is 0 Å². The quantitative estimate of drug-likeness (QED) is 0.839. The second-order valence-electron chi connectivity index (χ2n) is 3.98. The van der Waals surface area contributed by atoms with Crippen molar-refractivity contribution in [2.24, 2.45) is 0 Å². The number of nitrogens with zero attached hydrogens (tertiary/aromatic N) is 2. The van der Waals surface area contributed by atoms with Gasteiger partial charge in [-0.1, -0.05) is 13.8 Å². The molecule has 0 fully saturated rings. The highest BCUT2D eigenvalue weighted by molar-refractivity contribution is 7.09. The van der Waals surface area contributed by atoms with Crippen molar-refractivity contribution in [3.8, 4) is 0 Å². The minimum absolute atomic E-state index is 0.398. The number of rotatable bonds is 5. The van der Waals surface area contributed by atoms with Gasteiger partial charge in [-0.3, -0.25) is 0 Å². The lowest BCUT2D eigenvalue weighted by Crippen LogP contribution is -2.04. The van der Waals surface area contributed by atoms with E-state index in [0.717, 1.165) is 23.9 Å². The summed E-state index contributed by atoms with van der Waals surface area (Å²) in [4.78, 5) is 7.59. The van der Waals surface area contributed by atoms with Crippen molar-refractivity contribution in [1.29, 1.82) is 0 Å². The van der Waals surface area contributed by atoms with Crippen LogP contribution in [0.2, 0.25) is 0 Å². The molecule has 0 unspecified atom stereocenters. The molecule has 0 amide bonds. The van der Waals surface area contributed by atoms with Gasteiger partial charge >= 0.3 is 0 Å². The zero-order chi connectivity index (χ0) is 11.4. The molecule has 5 heteroatoms. The standard InChI is InChI=1S/C11H16N4S/c1-8(2)10-14-11(16-15-10)13-7-5-9-4-3-6-12-9/h3-4,6,8,12H,5,7H2,1-2H3,(H,13,14,15). The summed E-state index contributed by atoms with van der Waals surface area (Å²) in [6, 6.07) is 4.10. The van der Waals surface area contributed by atoms with Crippen molar-refractivity contribution < 1.29 is 0 Å². The van der Waals surface area contributed by atoms with E-state index >= 15 is 0 Å². The molecule has 2 aromatic heterocycles. The molecule has 0 spiro atoms. The maximum Gasteiger partial charge on any atom is 0.202 e. The minimum Gasteiger partial charge on any atom is -0.365 e. The summed E-state index contributed by atoms with van der Waals surface area (Å²) in [7, 11) is 0. The first kappa shape index (κ1) is 11.1. The molecular weight excluding hydrogens is 220 g/mol. The monoisotopic (exact) mass is 236 g/mol. The third-order valence-corrected chi connectivity index (χ3v) is 2.98. The summed E-state index contributed by atoms with van der Waals surface area (Å²) >= 11 is 1.43. The molecule has 0 aromatic carbocycles. The third-order valence-electron chi connectivity index (χ3n) is 2.29. The Bertz CT molecular complexity index is 419. The van der Waals surface area contributed by atoms with E-state index in [-0.39, 0.29) is 0 Å². The predicted molar refractivity (Wildman–Crippen MR) is 67.0 cm³/mol. The highest BCUT2D eigenvalue weighted by atomic mass is 32.1. The van der Waals surface area contributed by atoms with Gasteiger partial charge in [-0.15, -0.1) is 0 Å².